The first-order chi connectivity index (χ1) is 16.8. The second kappa shape index (κ2) is 11.2. The number of amides is 1. The molecule has 1 amide bonds. The molecule has 0 bridgehead atoms. The van der Waals surface area contributed by atoms with Crippen LogP contribution in [0.15, 0.2) is 82.8 Å². The molecule has 0 atom stereocenters. The molecule has 10 nitrogen and oxygen atoms in total. The third-order valence-electron chi connectivity index (χ3n) is 4.86. The molecule has 0 saturated carbocycles. The van der Waals surface area contributed by atoms with Crippen LogP contribution in [-0.2, 0) is 14.8 Å². The lowest BCUT2D eigenvalue weighted by Crippen LogP contribution is -2.39. The number of hydrogen-bond acceptors (Lipinski definition) is 7. The van der Waals surface area contributed by atoms with Gasteiger partial charge in [0.25, 0.3) is 15.9 Å². The molecule has 0 fully saturated rings. The number of carboxylic acid groups (broad SMARTS) is 1. The van der Waals surface area contributed by atoms with Crippen molar-refractivity contribution in [2.75, 3.05) is 25.1 Å². The summed E-state index contributed by atoms with van der Waals surface area (Å²) in [5, 5.41) is 13.0. The number of rotatable bonds is 10. The van der Waals surface area contributed by atoms with Crippen LogP contribution in [-0.4, -0.2) is 52.4 Å². The summed E-state index contributed by atoms with van der Waals surface area (Å²) in [6.45, 7) is -0.585. The van der Waals surface area contributed by atoms with Crippen molar-refractivity contribution >= 4 is 33.8 Å². The Morgan fingerprint density at radius 1 is 0.971 bits per heavy atom. The van der Waals surface area contributed by atoms with Crippen LogP contribution in [0.3, 0.4) is 0 Å². The highest BCUT2D eigenvalue weighted by Crippen LogP contribution is 2.32. The summed E-state index contributed by atoms with van der Waals surface area (Å²) in [6.07, 6.45) is 1.18. The molecule has 2 N–H and O–H groups in total. The maximum absolute atomic E-state index is 13.5. The van der Waals surface area contributed by atoms with Gasteiger partial charge in [0, 0.05) is 11.6 Å². The number of carbonyl (C=O) groups is 2. The van der Waals surface area contributed by atoms with Crippen molar-refractivity contribution in [2.24, 2.45) is 5.10 Å². The average molecular weight is 498 g/mol. The number of hydrogen-bond donors (Lipinski definition) is 2. The zero-order chi connectivity index (χ0) is 25.4. The van der Waals surface area contributed by atoms with Gasteiger partial charge in [-0.2, -0.15) is 5.10 Å². The lowest BCUT2D eigenvalue weighted by molar-refractivity contribution is -0.119. The van der Waals surface area contributed by atoms with E-state index in [1.807, 2.05) is 0 Å². The fourth-order valence-electron chi connectivity index (χ4n) is 3.16. The molecule has 0 radical (unpaired) electrons. The molecule has 0 aromatic heterocycles. The first-order valence-corrected chi connectivity index (χ1v) is 11.7. The van der Waals surface area contributed by atoms with E-state index < -0.39 is 28.4 Å². The van der Waals surface area contributed by atoms with E-state index in [9.17, 15) is 23.1 Å². The maximum Gasteiger partial charge on any atom is 0.336 e. The minimum Gasteiger partial charge on any atom is -0.493 e. The lowest BCUT2D eigenvalue weighted by atomic mass is 10.1. The Balaban J connectivity index is 1.87. The Morgan fingerprint density at radius 2 is 1.63 bits per heavy atom. The fourth-order valence-corrected chi connectivity index (χ4v) is 4.59. The number of anilines is 1. The molecule has 0 unspecified atom stereocenters. The molecule has 11 heteroatoms. The largest absolute Gasteiger partial charge is 0.493 e. The second-order valence-electron chi connectivity index (χ2n) is 7.05. The van der Waals surface area contributed by atoms with E-state index in [1.54, 1.807) is 42.5 Å². The summed E-state index contributed by atoms with van der Waals surface area (Å²) in [6, 6.07) is 18.4. The molecular formula is C24H23N3O7S. The highest BCUT2D eigenvalue weighted by molar-refractivity contribution is 7.92. The van der Waals surface area contributed by atoms with Gasteiger partial charge in [0.2, 0.25) is 0 Å². The highest BCUT2D eigenvalue weighted by atomic mass is 32.2. The average Bonchev–Trinajstić information content (AvgIpc) is 2.87. The standard InChI is InChI=1S/C24H23N3O7S/c1-33-21-13-12-19(14-22(21)34-2)35(31,32)27(18-9-4-3-5-10-18)16-23(28)26-25-15-17-8-6-7-11-20(17)24(29)30/h3-15H,16H2,1-2H3,(H,26,28)(H,29,30)/b25-15-. The van der Waals surface area contributed by atoms with Gasteiger partial charge in [0.05, 0.1) is 36.6 Å². The van der Waals surface area contributed by atoms with Crippen LogP contribution in [0.4, 0.5) is 5.69 Å². The maximum atomic E-state index is 13.5. The lowest BCUT2D eigenvalue weighted by Gasteiger charge is -2.24. The van der Waals surface area contributed by atoms with Crippen LogP contribution >= 0.6 is 0 Å². The minimum atomic E-state index is -4.19. The number of nitrogens with one attached hydrogen (secondary N) is 1. The predicted octanol–water partition coefficient (Wildman–Crippen LogP) is 2.75. The quantitative estimate of drug-likeness (QED) is 0.325. The van der Waals surface area contributed by atoms with Gasteiger partial charge < -0.3 is 14.6 Å². The number of aromatic carboxylic acids is 1. The Bertz CT molecular complexity index is 1340. The fraction of sp³-hybridized carbons (Fsp3) is 0.125. The first-order valence-electron chi connectivity index (χ1n) is 10.2. The molecule has 0 heterocycles. The number of hydrazone groups is 1. The number of para-hydroxylation sites is 1. The minimum absolute atomic E-state index is 0.00689. The van der Waals surface area contributed by atoms with E-state index in [4.69, 9.17) is 9.47 Å². The summed E-state index contributed by atoms with van der Waals surface area (Å²) in [5.41, 5.74) is 2.79. The van der Waals surface area contributed by atoms with Crippen LogP contribution in [0.1, 0.15) is 15.9 Å². The van der Waals surface area contributed by atoms with Gasteiger partial charge in [-0.25, -0.2) is 18.6 Å². The normalized spacial score (nSPS) is 11.1. The summed E-state index contributed by atoms with van der Waals surface area (Å²) < 4.78 is 38.3. The van der Waals surface area contributed by atoms with E-state index in [2.05, 4.69) is 10.5 Å². The van der Waals surface area contributed by atoms with Crippen molar-refractivity contribution in [3.63, 3.8) is 0 Å². The van der Waals surface area contributed by atoms with Gasteiger partial charge in [0.15, 0.2) is 11.5 Å². The molecule has 182 valence electrons. The Morgan fingerprint density at radius 3 is 2.29 bits per heavy atom. The van der Waals surface area contributed by atoms with Crippen molar-refractivity contribution in [3.05, 3.63) is 83.9 Å². The van der Waals surface area contributed by atoms with E-state index in [0.717, 1.165) is 4.31 Å². The monoisotopic (exact) mass is 497 g/mol. The van der Waals surface area contributed by atoms with Crippen LogP contribution in [0, 0.1) is 0 Å². The van der Waals surface area contributed by atoms with Gasteiger partial charge >= 0.3 is 5.97 Å². The van der Waals surface area contributed by atoms with Gasteiger partial charge in [-0.1, -0.05) is 36.4 Å². The summed E-state index contributed by atoms with van der Waals surface area (Å²) >= 11 is 0. The zero-order valence-electron chi connectivity index (χ0n) is 18.9. The highest BCUT2D eigenvalue weighted by Gasteiger charge is 2.28. The molecule has 0 aliphatic heterocycles. The Hall–Kier alpha value is -4.38. The molecule has 0 saturated heterocycles. The van der Waals surface area contributed by atoms with Crippen molar-refractivity contribution in [1.82, 2.24) is 5.43 Å². The third kappa shape index (κ3) is 5.95. The predicted molar refractivity (Wildman–Crippen MR) is 130 cm³/mol. The number of sulfonamides is 1. The summed E-state index contributed by atoms with van der Waals surface area (Å²) in [5.74, 6) is -1.31. The van der Waals surface area contributed by atoms with Gasteiger partial charge in [0.1, 0.15) is 6.54 Å². The third-order valence-corrected chi connectivity index (χ3v) is 6.63. The topological polar surface area (TPSA) is 135 Å². The van der Waals surface area contributed by atoms with Crippen molar-refractivity contribution < 1.29 is 32.6 Å². The SMILES string of the molecule is COc1ccc(S(=O)(=O)N(CC(=O)N/N=C\c2ccccc2C(=O)O)c2ccccc2)cc1OC. The van der Waals surface area contributed by atoms with Crippen LogP contribution in [0.25, 0.3) is 0 Å². The number of nitrogens with zero attached hydrogens (tertiary/aromatic N) is 2. The van der Waals surface area contributed by atoms with E-state index in [0.29, 0.717) is 5.75 Å². The molecular weight excluding hydrogens is 474 g/mol. The number of ether oxygens (including phenoxy) is 2. The molecule has 0 aliphatic rings. The molecule has 35 heavy (non-hydrogen) atoms. The molecule has 3 aromatic carbocycles. The van der Waals surface area contributed by atoms with Gasteiger partial charge in [-0.3, -0.25) is 9.10 Å². The summed E-state index contributed by atoms with van der Waals surface area (Å²) in [4.78, 5) is 23.9. The number of methoxy groups -OCH3 is 2. The van der Waals surface area contributed by atoms with E-state index in [-0.39, 0.29) is 27.5 Å². The summed E-state index contributed by atoms with van der Waals surface area (Å²) in [7, 11) is -1.38. The molecule has 3 rings (SSSR count). The smallest absolute Gasteiger partial charge is 0.336 e. The van der Waals surface area contributed by atoms with Crippen molar-refractivity contribution in [1.29, 1.82) is 0 Å². The Kier molecular flexibility index (Phi) is 8.05. The van der Waals surface area contributed by atoms with E-state index in [1.165, 1.54) is 50.8 Å². The molecule has 3 aromatic rings. The Labute approximate surface area is 202 Å². The number of carboxylic acids is 1. The second-order valence-corrected chi connectivity index (χ2v) is 8.91. The van der Waals surface area contributed by atoms with Crippen molar-refractivity contribution in [2.45, 2.75) is 4.90 Å². The number of carbonyl (C=O) groups excluding carboxylic acids is 1. The van der Waals surface area contributed by atoms with E-state index >= 15 is 0 Å². The van der Waals surface area contributed by atoms with Crippen LogP contribution in [0.2, 0.25) is 0 Å². The molecule has 0 spiro atoms. The molecule has 0 aliphatic carbocycles. The van der Waals surface area contributed by atoms with Crippen LogP contribution < -0.4 is 19.2 Å². The van der Waals surface area contributed by atoms with Crippen molar-refractivity contribution in [3.8, 4) is 11.5 Å². The zero-order valence-corrected chi connectivity index (χ0v) is 19.7. The first kappa shape index (κ1) is 25.2. The van der Waals surface area contributed by atoms with Gasteiger partial charge in [-0.15, -0.1) is 0 Å². The van der Waals surface area contributed by atoms with Gasteiger partial charge in [-0.05, 0) is 30.3 Å². The number of benzene rings is 3. The van der Waals surface area contributed by atoms with Crippen LogP contribution in [0.5, 0.6) is 11.5 Å².